The molecule has 0 radical (unpaired) electrons. The van der Waals surface area contributed by atoms with Crippen molar-refractivity contribution in [2.24, 2.45) is 0 Å². The molecule has 1 aliphatic heterocycles. The highest BCUT2D eigenvalue weighted by Gasteiger charge is 2.37. The number of H-pyrrole nitrogens is 1. The second kappa shape index (κ2) is 3.96. The summed E-state index contributed by atoms with van der Waals surface area (Å²) in [5.41, 5.74) is 2.41. The third-order valence-corrected chi connectivity index (χ3v) is 3.65. The maximum atomic E-state index is 12.2. The molecule has 0 saturated carbocycles. The van der Waals surface area contributed by atoms with E-state index in [0.717, 1.165) is 10.5 Å². The van der Waals surface area contributed by atoms with Crippen LogP contribution in [0.5, 0.6) is 0 Å². The van der Waals surface area contributed by atoms with E-state index in [2.05, 4.69) is 4.98 Å². The fourth-order valence-corrected chi connectivity index (χ4v) is 2.70. The van der Waals surface area contributed by atoms with Crippen LogP contribution in [0.15, 0.2) is 35.2 Å². The third-order valence-electron chi connectivity index (χ3n) is 2.96. The van der Waals surface area contributed by atoms with Gasteiger partial charge in [0.25, 0.3) is 11.8 Å². The van der Waals surface area contributed by atoms with Crippen molar-refractivity contribution < 1.29 is 9.59 Å². The Hall–Kier alpha value is -2.14. The molecule has 0 unspecified atom stereocenters. The zero-order chi connectivity index (χ0) is 12.7. The molecule has 3 rings (SSSR count). The van der Waals surface area contributed by atoms with Gasteiger partial charge in [0, 0.05) is 13.2 Å². The molecule has 18 heavy (non-hydrogen) atoms. The Bertz CT molecular complexity index is 582. The molecule has 5 heteroatoms. The van der Waals surface area contributed by atoms with Gasteiger partial charge in [0.1, 0.15) is 0 Å². The quantitative estimate of drug-likeness (QED) is 0.837. The molecule has 3 heterocycles. The maximum absolute atomic E-state index is 12.2. The summed E-state index contributed by atoms with van der Waals surface area (Å²) < 4.78 is 0. The van der Waals surface area contributed by atoms with E-state index in [1.807, 2.05) is 22.9 Å². The number of hydrogen-bond acceptors (Lipinski definition) is 3. The number of aromatic amines is 1. The van der Waals surface area contributed by atoms with E-state index in [-0.39, 0.29) is 11.8 Å². The van der Waals surface area contributed by atoms with Gasteiger partial charge < -0.3 is 4.98 Å². The molecule has 2 aromatic rings. The van der Waals surface area contributed by atoms with Crippen LogP contribution in [0.4, 0.5) is 0 Å². The maximum Gasteiger partial charge on any atom is 0.263 e. The van der Waals surface area contributed by atoms with Gasteiger partial charge in [0.15, 0.2) is 0 Å². The first kappa shape index (κ1) is 11.0. The van der Waals surface area contributed by atoms with Crippen LogP contribution in [0.3, 0.4) is 0 Å². The monoisotopic (exact) mass is 258 g/mol. The lowest BCUT2D eigenvalue weighted by molar-refractivity contribution is -0.134. The fraction of sp³-hybridized carbons (Fsp3) is 0.0769. The molecule has 0 aliphatic carbocycles. The number of carbonyl (C=O) groups is 2. The van der Waals surface area contributed by atoms with Crippen molar-refractivity contribution in [3.63, 3.8) is 0 Å². The number of aromatic nitrogens is 1. The van der Waals surface area contributed by atoms with Crippen LogP contribution < -0.4 is 0 Å². The highest BCUT2D eigenvalue weighted by molar-refractivity contribution is 7.08. The number of hydrogen-bond donors (Lipinski definition) is 1. The van der Waals surface area contributed by atoms with Crippen LogP contribution in [0.1, 0.15) is 11.3 Å². The highest BCUT2D eigenvalue weighted by Crippen LogP contribution is 2.34. The van der Waals surface area contributed by atoms with Gasteiger partial charge in [-0.15, -0.1) is 0 Å². The number of nitrogens with zero attached hydrogens (tertiary/aromatic N) is 1. The smallest absolute Gasteiger partial charge is 0.263 e. The van der Waals surface area contributed by atoms with Crippen LogP contribution in [-0.2, 0) is 9.59 Å². The van der Waals surface area contributed by atoms with Gasteiger partial charge in [-0.05, 0) is 34.5 Å². The largest absolute Gasteiger partial charge is 0.361 e. The summed E-state index contributed by atoms with van der Waals surface area (Å²) >= 11 is 1.50. The number of carbonyl (C=O) groups excluding carboxylic acids is 2. The number of thiophene rings is 1. The number of nitrogens with one attached hydrogen (secondary N) is 1. The van der Waals surface area contributed by atoms with Gasteiger partial charge in [0.2, 0.25) is 0 Å². The SMILES string of the molecule is CN1C(=O)C(c2ccsc2)=C(c2ccc[nH]2)C1=O. The van der Waals surface area contributed by atoms with E-state index in [0.29, 0.717) is 16.8 Å². The summed E-state index contributed by atoms with van der Waals surface area (Å²) in [6.45, 7) is 0. The molecule has 2 amide bonds. The van der Waals surface area contributed by atoms with E-state index < -0.39 is 0 Å². The Kier molecular flexibility index (Phi) is 2.41. The number of likely N-dealkylation sites (N-methyl/N-ethyl adjacent to an activating group) is 1. The van der Waals surface area contributed by atoms with Crippen molar-refractivity contribution in [1.29, 1.82) is 0 Å². The Morgan fingerprint density at radius 3 is 2.56 bits per heavy atom. The molecule has 0 fully saturated rings. The minimum atomic E-state index is -0.261. The Morgan fingerprint density at radius 1 is 1.17 bits per heavy atom. The van der Waals surface area contributed by atoms with Crippen LogP contribution in [0.25, 0.3) is 11.1 Å². The van der Waals surface area contributed by atoms with Gasteiger partial charge in [-0.2, -0.15) is 11.3 Å². The number of imide groups is 1. The van der Waals surface area contributed by atoms with Crippen molar-refractivity contribution in [3.8, 4) is 0 Å². The minimum absolute atomic E-state index is 0.247. The zero-order valence-electron chi connectivity index (χ0n) is 9.64. The summed E-state index contributed by atoms with van der Waals surface area (Å²) in [7, 11) is 1.51. The summed E-state index contributed by atoms with van der Waals surface area (Å²) in [5, 5.41) is 3.77. The first-order valence-electron chi connectivity index (χ1n) is 5.43. The van der Waals surface area contributed by atoms with Crippen molar-refractivity contribution in [2.75, 3.05) is 7.05 Å². The van der Waals surface area contributed by atoms with E-state index >= 15 is 0 Å². The molecule has 0 atom stereocenters. The van der Waals surface area contributed by atoms with E-state index in [4.69, 9.17) is 0 Å². The van der Waals surface area contributed by atoms with Gasteiger partial charge in [0.05, 0.1) is 16.8 Å². The summed E-state index contributed by atoms with van der Waals surface area (Å²) in [6.07, 6.45) is 1.74. The topological polar surface area (TPSA) is 53.2 Å². The highest BCUT2D eigenvalue weighted by atomic mass is 32.1. The lowest BCUT2D eigenvalue weighted by atomic mass is 10.0. The normalized spacial score (nSPS) is 15.9. The van der Waals surface area contributed by atoms with Crippen molar-refractivity contribution >= 4 is 34.3 Å². The van der Waals surface area contributed by atoms with E-state index in [9.17, 15) is 9.59 Å². The Labute approximate surface area is 108 Å². The molecule has 1 aliphatic rings. The van der Waals surface area contributed by atoms with Crippen molar-refractivity contribution in [3.05, 3.63) is 46.4 Å². The average Bonchev–Trinajstić information content (AvgIpc) is 3.07. The molecule has 0 bridgehead atoms. The summed E-state index contributed by atoms with van der Waals surface area (Å²) in [4.78, 5) is 28.5. The first-order valence-corrected chi connectivity index (χ1v) is 6.37. The van der Waals surface area contributed by atoms with Gasteiger partial charge in [-0.25, -0.2) is 0 Å². The molecular weight excluding hydrogens is 248 g/mol. The summed E-state index contributed by atoms with van der Waals surface area (Å²) in [6, 6.07) is 5.46. The predicted octanol–water partition coefficient (Wildman–Crippen LogP) is 1.99. The Balaban J connectivity index is 2.26. The second-order valence-corrected chi connectivity index (χ2v) is 4.80. The number of rotatable bonds is 2. The average molecular weight is 258 g/mol. The standard InChI is InChI=1S/C13H10N2O2S/c1-15-12(16)10(8-4-6-18-7-8)11(13(15)17)9-3-2-5-14-9/h2-7,14H,1H3. The van der Waals surface area contributed by atoms with Gasteiger partial charge >= 0.3 is 0 Å². The molecule has 2 aromatic heterocycles. The van der Waals surface area contributed by atoms with Crippen LogP contribution in [0, 0.1) is 0 Å². The third kappa shape index (κ3) is 1.44. The van der Waals surface area contributed by atoms with Crippen LogP contribution in [0.2, 0.25) is 0 Å². The first-order chi connectivity index (χ1) is 8.70. The molecule has 0 saturated heterocycles. The van der Waals surface area contributed by atoms with Crippen LogP contribution >= 0.6 is 11.3 Å². The van der Waals surface area contributed by atoms with Crippen molar-refractivity contribution in [2.45, 2.75) is 0 Å². The molecular formula is C13H10N2O2S. The second-order valence-electron chi connectivity index (χ2n) is 4.02. The van der Waals surface area contributed by atoms with Gasteiger partial charge in [-0.1, -0.05) is 0 Å². The van der Waals surface area contributed by atoms with Crippen LogP contribution in [-0.4, -0.2) is 28.7 Å². The van der Waals surface area contributed by atoms with Crippen molar-refractivity contribution in [1.82, 2.24) is 9.88 Å². The molecule has 90 valence electrons. The summed E-state index contributed by atoms with van der Waals surface area (Å²) in [5.74, 6) is -0.508. The molecule has 0 aromatic carbocycles. The number of amides is 2. The molecule has 0 spiro atoms. The van der Waals surface area contributed by atoms with Gasteiger partial charge in [-0.3, -0.25) is 14.5 Å². The zero-order valence-corrected chi connectivity index (χ0v) is 10.5. The molecule has 1 N–H and O–H groups in total. The lowest BCUT2D eigenvalue weighted by Crippen LogP contribution is -2.26. The predicted molar refractivity (Wildman–Crippen MR) is 69.7 cm³/mol. The van der Waals surface area contributed by atoms with E-state index in [1.54, 1.807) is 12.3 Å². The lowest BCUT2D eigenvalue weighted by Gasteiger charge is -2.05. The van der Waals surface area contributed by atoms with E-state index in [1.165, 1.54) is 18.4 Å². The Morgan fingerprint density at radius 2 is 1.94 bits per heavy atom. The minimum Gasteiger partial charge on any atom is -0.361 e. The molecule has 4 nitrogen and oxygen atoms in total. The fourth-order valence-electron chi connectivity index (χ4n) is 2.05.